The highest BCUT2D eigenvalue weighted by molar-refractivity contribution is 7.89. The third kappa shape index (κ3) is 2.56. The van der Waals surface area contributed by atoms with Crippen LogP contribution in [0.2, 0.25) is 0 Å². The number of ether oxygens (including phenoxy) is 1. The fourth-order valence-electron chi connectivity index (χ4n) is 2.30. The molecule has 0 saturated carbocycles. The van der Waals surface area contributed by atoms with E-state index < -0.39 is 22.3 Å². The molecule has 1 aliphatic heterocycles. The number of hydrogen-bond acceptors (Lipinski definition) is 4. The first-order valence-electron chi connectivity index (χ1n) is 6.09. The van der Waals surface area contributed by atoms with Crippen molar-refractivity contribution in [2.75, 3.05) is 7.11 Å². The van der Waals surface area contributed by atoms with Crippen molar-refractivity contribution in [2.24, 2.45) is 0 Å². The van der Waals surface area contributed by atoms with Crippen LogP contribution in [0, 0.1) is 6.92 Å². The summed E-state index contributed by atoms with van der Waals surface area (Å²) in [5.41, 5.74) is 0.982. The molecule has 1 aliphatic rings. The minimum Gasteiger partial charge on any atom is -0.365 e. The molecule has 0 amide bonds. The average Bonchev–Trinajstić information content (AvgIpc) is 2.82. The van der Waals surface area contributed by atoms with E-state index >= 15 is 0 Å². The molecule has 0 N–H and O–H groups in total. The van der Waals surface area contributed by atoms with E-state index in [2.05, 4.69) is 0 Å². The zero-order chi connectivity index (χ0) is 14.0. The quantitative estimate of drug-likeness (QED) is 0.782. The van der Waals surface area contributed by atoms with E-state index in [1.807, 2.05) is 6.92 Å². The van der Waals surface area contributed by atoms with Crippen molar-refractivity contribution >= 4 is 16.3 Å². The van der Waals surface area contributed by atoms with Crippen LogP contribution in [0.25, 0.3) is 0 Å². The Bertz CT molecular complexity index is 553. The van der Waals surface area contributed by atoms with E-state index in [9.17, 15) is 13.2 Å². The highest BCUT2D eigenvalue weighted by Crippen LogP contribution is 2.30. The number of methoxy groups -OCH3 is 1. The molecule has 0 spiro atoms. The molecule has 2 rings (SSSR count). The van der Waals surface area contributed by atoms with Crippen molar-refractivity contribution in [3.8, 4) is 0 Å². The maximum absolute atomic E-state index is 12.6. The molecular formula is C13H17NO4S. The Morgan fingerprint density at radius 2 is 1.89 bits per heavy atom. The Balaban J connectivity index is 2.42. The zero-order valence-corrected chi connectivity index (χ0v) is 11.8. The molecule has 1 saturated heterocycles. The normalized spacial score (nSPS) is 24.5. The smallest absolute Gasteiger partial charge is 0.245 e. The molecule has 6 heteroatoms. The first kappa shape index (κ1) is 14.2. The van der Waals surface area contributed by atoms with E-state index in [1.165, 1.54) is 11.4 Å². The summed E-state index contributed by atoms with van der Waals surface area (Å²) in [7, 11) is -2.25. The van der Waals surface area contributed by atoms with Gasteiger partial charge < -0.3 is 9.53 Å². The molecule has 1 fully saturated rings. The highest BCUT2D eigenvalue weighted by atomic mass is 32.2. The Labute approximate surface area is 113 Å². The van der Waals surface area contributed by atoms with Gasteiger partial charge in [0.2, 0.25) is 10.0 Å². The lowest BCUT2D eigenvalue weighted by molar-refractivity contribution is -0.111. The van der Waals surface area contributed by atoms with Crippen LogP contribution in [0.1, 0.15) is 18.4 Å². The van der Waals surface area contributed by atoms with Crippen molar-refractivity contribution < 1.29 is 17.9 Å². The summed E-state index contributed by atoms with van der Waals surface area (Å²) in [5, 5.41) is 0. The number of hydrogen-bond donors (Lipinski definition) is 0. The fourth-order valence-corrected chi connectivity index (χ4v) is 4.03. The van der Waals surface area contributed by atoms with Crippen molar-refractivity contribution in [3.05, 3.63) is 29.8 Å². The van der Waals surface area contributed by atoms with E-state index in [0.29, 0.717) is 19.1 Å². The molecular weight excluding hydrogens is 266 g/mol. The largest absolute Gasteiger partial charge is 0.365 e. The number of sulfonamides is 1. The van der Waals surface area contributed by atoms with E-state index in [4.69, 9.17) is 4.74 Å². The molecule has 1 heterocycles. The number of aldehydes is 1. The van der Waals surface area contributed by atoms with Crippen LogP contribution < -0.4 is 0 Å². The minimum atomic E-state index is -3.70. The summed E-state index contributed by atoms with van der Waals surface area (Å²) in [4.78, 5) is 11.2. The number of carbonyl (C=O) groups is 1. The first-order chi connectivity index (χ1) is 9.00. The van der Waals surface area contributed by atoms with Gasteiger partial charge in [0.05, 0.1) is 10.9 Å². The Morgan fingerprint density at radius 1 is 1.26 bits per heavy atom. The van der Waals surface area contributed by atoms with Gasteiger partial charge in [-0.3, -0.25) is 0 Å². The number of rotatable bonds is 4. The van der Waals surface area contributed by atoms with Gasteiger partial charge in [-0.05, 0) is 31.9 Å². The van der Waals surface area contributed by atoms with Crippen molar-refractivity contribution in [3.63, 3.8) is 0 Å². The molecule has 2 atom stereocenters. The van der Waals surface area contributed by atoms with Crippen molar-refractivity contribution in [1.29, 1.82) is 0 Å². The first-order valence-corrected chi connectivity index (χ1v) is 7.53. The monoisotopic (exact) mass is 283 g/mol. The van der Waals surface area contributed by atoms with Gasteiger partial charge in [-0.1, -0.05) is 17.7 Å². The van der Waals surface area contributed by atoms with Crippen molar-refractivity contribution in [1.82, 2.24) is 4.31 Å². The standard InChI is InChI=1S/C13H17NO4S/c1-10-3-6-12(7-4-10)19(16,17)14-11(9-15)5-8-13(14)18-2/h3-4,6-7,9,11,13H,5,8H2,1-2H3. The molecule has 0 bridgehead atoms. The highest BCUT2D eigenvalue weighted by Gasteiger charge is 2.42. The van der Waals surface area contributed by atoms with Gasteiger partial charge in [0, 0.05) is 7.11 Å². The van der Waals surface area contributed by atoms with Crippen LogP contribution in [-0.4, -0.2) is 38.4 Å². The van der Waals surface area contributed by atoms with Gasteiger partial charge in [0.1, 0.15) is 12.5 Å². The van der Waals surface area contributed by atoms with Crippen LogP contribution in [0.4, 0.5) is 0 Å². The molecule has 1 aromatic carbocycles. The Kier molecular flexibility index (Phi) is 4.03. The van der Waals surface area contributed by atoms with Crippen LogP contribution in [0.3, 0.4) is 0 Å². The molecule has 5 nitrogen and oxygen atoms in total. The van der Waals surface area contributed by atoms with Crippen LogP contribution in [0.5, 0.6) is 0 Å². The number of benzene rings is 1. The lowest BCUT2D eigenvalue weighted by Crippen LogP contribution is -2.42. The molecule has 2 unspecified atom stereocenters. The average molecular weight is 283 g/mol. The predicted molar refractivity (Wildman–Crippen MR) is 70.1 cm³/mol. The molecule has 0 aliphatic carbocycles. The Hall–Kier alpha value is -1.24. The van der Waals surface area contributed by atoms with Crippen LogP contribution >= 0.6 is 0 Å². The molecule has 104 valence electrons. The number of nitrogens with zero attached hydrogens (tertiary/aromatic N) is 1. The lowest BCUT2D eigenvalue weighted by Gasteiger charge is -2.25. The minimum absolute atomic E-state index is 0.189. The van der Waals surface area contributed by atoms with Gasteiger partial charge in [-0.15, -0.1) is 0 Å². The van der Waals surface area contributed by atoms with Crippen LogP contribution in [0.15, 0.2) is 29.2 Å². The second-order valence-electron chi connectivity index (χ2n) is 4.62. The summed E-state index contributed by atoms with van der Waals surface area (Å²) in [5.74, 6) is 0. The molecule has 19 heavy (non-hydrogen) atoms. The van der Waals surface area contributed by atoms with Gasteiger partial charge >= 0.3 is 0 Å². The zero-order valence-electron chi connectivity index (χ0n) is 10.9. The topological polar surface area (TPSA) is 63.7 Å². The van der Waals surface area contributed by atoms with Crippen molar-refractivity contribution in [2.45, 2.75) is 36.9 Å². The van der Waals surface area contributed by atoms with Gasteiger partial charge in [-0.25, -0.2) is 8.42 Å². The number of carbonyl (C=O) groups excluding carboxylic acids is 1. The molecule has 0 aromatic heterocycles. The maximum atomic E-state index is 12.6. The van der Waals surface area contributed by atoms with E-state index in [-0.39, 0.29) is 4.90 Å². The summed E-state index contributed by atoms with van der Waals surface area (Å²) in [6.07, 6.45) is 1.13. The van der Waals surface area contributed by atoms with Gasteiger partial charge in [0.15, 0.2) is 0 Å². The fraction of sp³-hybridized carbons (Fsp3) is 0.462. The van der Waals surface area contributed by atoms with E-state index in [1.54, 1.807) is 24.3 Å². The van der Waals surface area contributed by atoms with E-state index in [0.717, 1.165) is 5.56 Å². The second kappa shape index (κ2) is 5.40. The molecule has 1 aromatic rings. The summed E-state index contributed by atoms with van der Waals surface area (Å²) in [6, 6.07) is 5.94. The lowest BCUT2D eigenvalue weighted by atomic mass is 10.2. The predicted octanol–water partition coefficient (Wildman–Crippen LogP) is 1.32. The summed E-state index contributed by atoms with van der Waals surface area (Å²) in [6.45, 7) is 1.89. The summed E-state index contributed by atoms with van der Waals surface area (Å²) < 4.78 is 31.5. The number of aryl methyl sites for hydroxylation is 1. The molecule has 0 radical (unpaired) electrons. The Morgan fingerprint density at radius 3 is 2.42 bits per heavy atom. The summed E-state index contributed by atoms with van der Waals surface area (Å²) >= 11 is 0. The third-order valence-corrected chi connectivity index (χ3v) is 5.27. The third-order valence-electron chi connectivity index (χ3n) is 3.35. The van der Waals surface area contributed by atoms with Crippen LogP contribution in [-0.2, 0) is 19.6 Å². The van der Waals surface area contributed by atoms with Gasteiger partial charge in [-0.2, -0.15) is 4.31 Å². The van der Waals surface area contributed by atoms with Gasteiger partial charge in [0.25, 0.3) is 0 Å². The second-order valence-corrected chi connectivity index (χ2v) is 6.46. The SMILES string of the molecule is COC1CCC(C=O)N1S(=O)(=O)c1ccc(C)cc1. The maximum Gasteiger partial charge on any atom is 0.245 e.